The molecule has 1 N–H and O–H groups in total. The number of furan rings is 1. The number of sulfonamides is 1. The maximum Gasteiger partial charge on any atom is 0.338 e. The van der Waals surface area contributed by atoms with Crippen molar-refractivity contribution < 1.29 is 22.4 Å². The third kappa shape index (κ3) is 2.27. The number of nitrogens with zero attached hydrogens (tertiary/aromatic N) is 1. The Hall–Kier alpha value is -1.39. The Kier molecular flexibility index (Phi) is 3.34. The molecule has 21 heavy (non-hydrogen) atoms. The zero-order chi connectivity index (χ0) is 15.4. The van der Waals surface area contributed by atoms with Gasteiger partial charge in [0.1, 0.15) is 12.1 Å². The van der Waals surface area contributed by atoms with Gasteiger partial charge >= 0.3 is 16.1 Å². The van der Waals surface area contributed by atoms with Crippen molar-refractivity contribution in [3.8, 4) is 0 Å². The molecule has 1 aliphatic heterocycles. The molecule has 110 valence electrons. The van der Waals surface area contributed by atoms with E-state index in [4.69, 9.17) is 4.42 Å². The first-order valence-corrected chi connectivity index (χ1v) is 8.57. The number of fused-ring (bicyclic) bond motifs is 1. The van der Waals surface area contributed by atoms with Crippen molar-refractivity contribution in [2.45, 2.75) is 5.09 Å². The van der Waals surface area contributed by atoms with Crippen LogP contribution >= 0.6 is 31.9 Å². The monoisotopic (exact) mass is 436 g/mol. The van der Waals surface area contributed by atoms with E-state index in [1.807, 2.05) is 5.32 Å². The van der Waals surface area contributed by atoms with Crippen molar-refractivity contribution in [1.29, 1.82) is 0 Å². The van der Waals surface area contributed by atoms with Gasteiger partial charge in [0.05, 0.1) is 4.47 Å². The average Bonchev–Trinajstić information content (AvgIpc) is 2.90. The molecule has 1 fully saturated rings. The van der Waals surface area contributed by atoms with Crippen LogP contribution in [0, 0.1) is 0 Å². The van der Waals surface area contributed by atoms with Gasteiger partial charge in [0, 0.05) is 9.86 Å². The number of hydrogen-bond donors (Lipinski definition) is 1. The average molecular weight is 438 g/mol. The van der Waals surface area contributed by atoms with Crippen LogP contribution in [-0.2, 0) is 14.8 Å². The lowest BCUT2D eigenvalue weighted by atomic mass is 10.3. The van der Waals surface area contributed by atoms with E-state index in [9.17, 15) is 18.0 Å². The van der Waals surface area contributed by atoms with Crippen molar-refractivity contribution in [3.05, 3.63) is 27.1 Å². The number of nitrogens with one attached hydrogen (secondary N) is 1. The zero-order valence-electron chi connectivity index (χ0n) is 10.1. The highest BCUT2D eigenvalue weighted by atomic mass is 79.9. The van der Waals surface area contributed by atoms with E-state index in [1.165, 1.54) is 0 Å². The van der Waals surface area contributed by atoms with Crippen LogP contribution < -0.4 is 5.32 Å². The number of carbonyl (C=O) groups excluding carboxylic acids is 2. The fraction of sp³-hybridized carbons (Fsp3) is 0.0909. The first kappa shape index (κ1) is 14.5. The predicted octanol–water partition coefficient (Wildman–Crippen LogP) is 2.20. The summed E-state index contributed by atoms with van der Waals surface area (Å²) >= 11 is 6.42. The molecule has 1 aliphatic rings. The minimum absolute atomic E-state index is 0.206. The Morgan fingerprint density at radius 3 is 2.57 bits per heavy atom. The topological polar surface area (TPSA) is 96.7 Å². The van der Waals surface area contributed by atoms with E-state index in [2.05, 4.69) is 31.9 Å². The Balaban J connectivity index is 2.17. The second-order valence-corrected chi connectivity index (χ2v) is 7.68. The standard InChI is InChI=1S/C11H6Br2N2O5S/c12-5-1-2-6-7(3-5)20-10(9(6)13)21(18,19)15-4-8(16)14-11(15)17/h1-3H,4H2,(H,14,16,17). The Morgan fingerprint density at radius 2 is 1.95 bits per heavy atom. The molecule has 0 spiro atoms. The van der Waals surface area contributed by atoms with Crippen LogP contribution in [0.15, 0.2) is 36.7 Å². The van der Waals surface area contributed by atoms with E-state index >= 15 is 0 Å². The van der Waals surface area contributed by atoms with Gasteiger partial charge in [0.25, 0.3) is 5.09 Å². The summed E-state index contributed by atoms with van der Waals surface area (Å²) in [5.41, 5.74) is 0.334. The maximum atomic E-state index is 12.4. The number of imide groups is 1. The predicted molar refractivity (Wildman–Crippen MR) is 79.0 cm³/mol. The second kappa shape index (κ2) is 4.82. The summed E-state index contributed by atoms with van der Waals surface area (Å²) in [4.78, 5) is 22.7. The number of rotatable bonds is 2. The van der Waals surface area contributed by atoms with Gasteiger partial charge < -0.3 is 4.42 Å². The van der Waals surface area contributed by atoms with Crippen LogP contribution in [-0.4, -0.2) is 31.2 Å². The van der Waals surface area contributed by atoms with Gasteiger partial charge in [-0.2, -0.15) is 8.42 Å². The van der Waals surface area contributed by atoms with Gasteiger partial charge in [0.2, 0.25) is 5.91 Å². The van der Waals surface area contributed by atoms with Gasteiger partial charge in [-0.15, -0.1) is 0 Å². The lowest BCUT2D eigenvalue weighted by Crippen LogP contribution is -2.34. The molecule has 1 saturated heterocycles. The minimum Gasteiger partial charge on any atom is -0.442 e. The molecule has 0 bridgehead atoms. The van der Waals surface area contributed by atoms with Gasteiger partial charge in [-0.1, -0.05) is 15.9 Å². The van der Waals surface area contributed by atoms with E-state index in [1.54, 1.807) is 18.2 Å². The summed E-state index contributed by atoms with van der Waals surface area (Å²) in [6.07, 6.45) is 0. The fourth-order valence-electron chi connectivity index (χ4n) is 1.90. The number of benzene rings is 1. The highest BCUT2D eigenvalue weighted by Gasteiger charge is 2.40. The molecule has 0 unspecified atom stereocenters. The molecule has 2 heterocycles. The molecule has 3 amide bonds. The first-order chi connectivity index (χ1) is 9.80. The van der Waals surface area contributed by atoms with Crippen LogP contribution in [0.4, 0.5) is 4.79 Å². The van der Waals surface area contributed by atoms with Crippen molar-refractivity contribution in [2.24, 2.45) is 0 Å². The lowest BCUT2D eigenvalue weighted by molar-refractivity contribution is -0.118. The SMILES string of the molecule is O=C1CN(S(=O)(=O)c2oc3cc(Br)ccc3c2Br)C(=O)N1. The number of hydrogen-bond acceptors (Lipinski definition) is 5. The summed E-state index contributed by atoms with van der Waals surface area (Å²) in [6.45, 7) is -0.561. The molecule has 3 rings (SSSR count). The summed E-state index contributed by atoms with van der Waals surface area (Å²) in [5.74, 6) is -0.682. The molecule has 0 radical (unpaired) electrons. The molecule has 1 aromatic carbocycles. The Bertz CT molecular complexity index is 889. The molecule has 10 heteroatoms. The van der Waals surface area contributed by atoms with Gasteiger partial charge in [0.15, 0.2) is 0 Å². The fourth-order valence-corrected chi connectivity index (χ4v) is 4.55. The molecule has 1 aromatic heterocycles. The molecular weight excluding hydrogens is 432 g/mol. The highest BCUT2D eigenvalue weighted by Crippen LogP contribution is 2.36. The van der Waals surface area contributed by atoms with E-state index < -0.39 is 33.6 Å². The second-order valence-electron chi connectivity index (χ2n) is 4.21. The largest absolute Gasteiger partial charge is 0.442 e. The number of halogens is 2. The zero-order valence-corrected chi connectivity index (χ0v) is 14.1. The molecule has 2 aromatic rings. The van der Waals surface area contributed by atoms with Gasteiger partial charge in [-0.3, -0.25) is 10.1 Å². The summed E-state index contributed by atoms with van der Waals surface area (Å²) in [7, 11) is -4.25. The van der Waals surface area contributed by atoms with Crippen molar-refractivity contribution >= 4 is 64.8 Å². The van der Waals surface area contributed by atoms with Gasteiger partial charge in [-0.05, 0) is 34.1 Å². The third-order valence-electron chi connectivity index (χ3n) is 2.85. The van der Waals surface area contributed by atoms with E-state index in [0.717, 1.165) is 0 Å². The summed E-state index contributed by atoms with van der Waals surface area (Å²) < 4.78 is 31.6. The molecular formula is C11H6Br2N2O5S. The van der Waals surface area contributed by atoms with Crippen LogP contribution in [0.25, 0.3) is 11.0 Å². The Morgan fingerprint density at radius 1 is 1.24 bits per heavy atom. The first-order valence-electron chi connectivity index (χ1n) is 5.55. The molecule has 0 saturated carbocycles. The van der Waals surface area contributed by atoms with E-state index in [-0.39, 0.29) is 4.47 Å². The third-order valence-corrected chi connectivity index (χ3v) is 6.02. The normalized spacial score (nSPS) is 15.8. The number of amides is 3. The van der Waals surface area contributed by atoms with Crippen molar-refractivity contribution in [1.82, 2.24) is 9.62 Å². The molecule has 7 nitrogen and oxygen atoms in total. The van der Waals surface area contributed by atoms with Crippen LogP contribution in [0.2, 0.25) is 0 Å². The highest BCUT2D eigenvalue weighted by molar-refractivity contribution is 9.11. The van der Waals surface area contributed by atoms with Crippen LogP contribution in [0.3, 0.4) is 0 Å². The Labute approximate surface area is 135 Å². The maximum absolute atomic E-state index is 12.4. The molecule has 0 atom stereocenters. The van der Waals surface area contributed by atoms with Crippen molar-refractivity contribution in [3.63, 3.8) is 0 Å². The van der Waals surface area contributed by atoms with Gasteiger partial charge in [-0.25, -0.2) is 9.10 Å². The summed E-state index contributed by atoms with van der Waals surface area (Å²) in [5, 5.41) is 2.04. The number of carbonyl (C=O) groups is 2. The van der Waals surface area contributed by atoms with Crippen LogP contribution in [0.5, 0.6) is 0 Å². The van der Waals surface area contributed by atoms with Crippen LogP contribution in [0.1, 0.15) is 0 Å². The molecule has 0 aliphatic carbocycles. The quantitative estimate of drug-likeness (QED) is 0.726. The smallest absolute Gasteiger partial charge is 0.338 e. The minimum atomic E-state index is -4.25. The summed E-state index contributed by atoms with van der Waals surface area (Å²) in [6, 6.07) is 4.01. The lowest BCUT2D eigenvalue weighted by Gasteiger charge is -2.11. The number of urea groups is 1. The van der Waals surface area contributed by atoms with E-state index in [0.29, 0.717) is 19.7 Å². The van der Waals surface area contributed by atoms with Crippen molar-refractivity contribution in [2.75, 3.05) is 6.54 Å².